The maximum Gasteiger partial charge on any atom is 0.292 e. The molecule has 2 aromatic heterocycles. The summed E-state index contributed by atoms with van der Waals surface area (Å²) >= 11 is 7.25. The Morgan fingerprint density at radius 3 is 2.58 bits per heavy atom. The summed E-state index contributed by atoms with van der Waals surface area (Å²) in [4.78, 5) is 13.4. The van der Waals surface area contributed by atoms with Crippen molar-refractivity contribution >= 4 is 33.8 Å². The molecule has 2 heterocycles. The van der Waals surface area contributed by atoms with Crippen molar-refractivity contribution in [2.45, 2.75) is 13.8 Å². The number of thiophene rings is 1. The summed E-state index contributed by atoms with van der Waals surface area (Å²) in [6.45, 7) is 3.79. The van der Waals surface area contributed by atoms with Gasteiger partial charge in [0.25, 0.3) is 5.91 Å². The number of aryl methyl sites for hydroxylation is 1. The fourth-order valence-electron chi connectivity index (χ4n) is 2.24. The first-order chi connectivity index (χ1) is 11.5. The van der Waals surface area contributed by atoms with E-state index in [1.807, 2.05) is 26.0 Å². The van der Waals surface area contributed by atoms with E-state index >= 15 is 0 Å². The van der Waals surface area contributed by atoms with Gasteiger partial charge in [0.2, 0.25) is 0 Å². The van der Waals surface area contributed by atoms with E-state index in [2.05, 4.69) is 11.4 Å². The molecule has 0 saturated heterocycles. The molecule has 3 aromatic rings. The first kappa shape index (κ1) is 16.3. The average Bonchev–Trinajstić information content (AvgIpc) is 3.14. The molecule has 4 nitrogen and oxygen atoms in total. The number of amides is 1. The number of carbonyl (C=O) groups excluding carboxylic acids is 1. The molecule has 1 amide bonds. The Labute approximate surface area is 148 Å². The molecule has 3 rings (SSSR count). The fourth-order valence-corrected chi connectivity index (χ4v) is 3.38. The van der Waals surface area contributed by atoms with Gasteiger partial charge in [-0.25, -0.2) is 0 Å². The smallest absolute Gasteiger partial charge is 0.292 e. The predicted octanol–water partition coefficient (Wildman–Crippen LogP) is 5.40. The molecule has 0 atom stereocenters. The van der Waals surface area contributed by atoms with Crippen LogP contribution in [-0.2, 0) is 0 Å². The Morgan fingerprint density at radius 2 is 1.92 bits per heavy atom. The highest BCUT2D eigenvalue weighted by molar-refractivity contribution is 7.16. The van der Waals surface area contributed by atoms with Gasteiger partial charge in [0, 0.05) is 15.5 Å². The maximum absolute atomic E-state index is 12.4. The van der Waals surface area contributed by atoms with Gasteiger partial charge in [0.15, 0.2) is 5.76 Å². The van der Waals surface area contributed by atoms with E-state index in [0.717, 1.165) is 16.0 Å². The summed E-state index contributed by atoms with van der Waals surface area (Å²) in [5.74, 6) is 0.386. The van der Waals surface area contributed by atoms with E-state index in [1.165, 1.54) is 11.3 Å². The lowest BCUT2D eigenvalue weighted by atomic mass is 10.2. The number of nitrogens with one attached hydrogen (secondary N) is 1. The fraction of sp³-hybridized carbons (Fsp3) is 0.111. The third-order valence-electron chi connectivity index (χ3n) is 3.68. The Morgan fingerprint density at radius 1 is 1.21 bits per heavy atom. The van der Waals surface area contributed by atoms with Crippen LogP contribution in [0.1, 0.15) is 26.6 Å². The van der Waals surface area contributed by atoms with Crippen molar-refractivity contribution in [3.8, 4) is 17.4 Å². The SMILES string of the molecule is Cc1sc(NC(=O)c2ccc(-c3ccc(Cl)cc3)o2)c(C#N)c1C. The first-order valence-electron chi connectivity index (χ1n) is 7.17. The number of anilines is 1. The van der Waals surface area contributed by atoms with Gasteiger partial charge in [-0.15, -0.1) is 11.3 Å². The van der Waals surface area contributed by atoms with Gasteiger partial charge >= 0.3 is 0 Å². The number of nitriles is 1. The van der Waals surface area contributed by atoms with Crippen LogP contribution in [0.4, 0.5) is 5.00 Å². The summed E-state index contributed by atoms with van der Waals surface area (Å²) in [5.41, 5.74) is 2.22. The van der Waals surface area contributed by atoms with Crippen molar-refractivity contribution in [3.05, 3.63) is 63.2 Å². The van der Waals surface area contributed by atoms with E-state index < -0.39 is 0 Å². The van der Waals surface area contributed by atoms with Crippen molar-refractivity contribution < 1.29 is 9.21 Å². The van der Waals surface area contributed by atoms with E-state index in [0.29, 0.717) is 21.3 Å². The molecule has 0 spiro atoms. The normalized spacial score (nSPS) is 10.4. The van der Waals surface area contributed by atoms with E-state index in [1.54, 1.807) is 24.3 Å². The van der Waals surface area contributed by atoms with E-state index in [-0.39, 0.29) is 11.7 Å². The number of furan rings is 1. The van der Waals surface area contributed by atoms with Gasteiger partial charge in [-0.2, -0.15) is 5.26 Å². The Hall–Kier alpha value is -2.55. The van der Waals surface area contributed by atoms with Crippen LogP contribution in [0.2, 0.25) is 5.02 Å². The summed E-state index contributed by atoms with van der Waals surface area (Å²) in [6.07, 6.45) is 0. The van der Waals surface area contributed by atoms with Crippen molar-refractivity contribution in [1.29, 1.82) is 5.26 Å². The number of carbonyl (C=O) groups is 1. The molecule has 6 heteroatoms. The monoisotopic (exact) mass is 356 g/mol. The molecular formula is C18H13ClN2O2S. The van der Waals surface area contributed by atoms with Crippen molar-refractivity contribution in [2.24, 2.45) is 0 Å². The summed E-state index contributed by atoms with van der Waals surface area (Å²) in [6, 6.07) is 12.6. The largest absolute Gasteiger partial charge is 0.451 e. The van der Waals surface area contributed by atoms with Crippen LogP contribution in [0.3, 0.4) is 0 Å². The summed E-state index contributed by atoms with van der Waals surface area (Å²) in [7, 11) is 0. The van der Waals surface area contributed by atoms with Crippen LogP contribution in [0.5, 0.6) is 0 Å². The van der Waals surface area contributed by atoms with Crippen LogP contribution in [0.15, 0.2) is 40.8 Å². The zero-order valence-electron chi connectivity index (χ0n) is 13.0. The molecule has 1 N–H and O–H groups in total. The Bertz CT molecular complexity index is 949. The van der Waals surface area contributed by atoms with E-state index in [4.69, 9.17) is 16.0 Å². The first-order valence-corrected chi connectivity index (χ1v) is 8.36. The molecule has 0 radical (unpaired) electrons. The number of hydrogen-bond acceptors (Lipinski definition) is 4. The van der Waals surface area contributed by atoms with Gasteiger partial charge in [0.05, 0.1) is 5.56 Å². The van der Waals surface area contributed by atoms with E-state index in [9.17, 15) is 10.1 Å². The average molecular weight is 357 g/mol. The molecule has 120 valence electrons. The zero-order chi connectivity index (χ0) is 17.3. The van der Waals surface area contributed by atoms with Crippen LogP contribution in [-0.4, -0.2) is 5.91 Å². The molecule has 0 aliphatic carbocycles. The minimum atomic E-state index is -0.382. The van der Waals surface area contributed by atoms with Gasteiger partial charge in [-0.3, -0.25) is 4.79 Å². The number of halogens is 1. The molecule has 0 bridgehead atoms. The molecule has 0 unspecified atom stereocenters. The lowest BCUT2D eigenvalue weighted by Gasteiger charge is -2.01. The van der Waals surface area contributed by atoms with Gasteiger partial charge in [-0.1, -0.05) is 11.6 Å². The highest BCUT2D eigenvalue weighted by atomic mass is 35.5. The minimum absolute atomic E-state index is 0.188. The van der Waals surface area contributed by atoms with Crippen molar-refractivity contribution in [2.75, 3.05) is 5.32 Å². The number of benzene rings is 1. The lowest BCUT2D eigenvalue weighted by Crippen LogP contribution is -2.10. The molecule has 0 aliphatic heterocycles. The van der Waals surface area contributed by atoms with Crippen molar-refractivity contribution in [3.63, 3.8) is 0 Å². The maximum atomic E-state index is 12.4. The molecule has 1 aromatic carbocycles. The van der Waals surface area contributed by atoms with Crippen LogP contribution >= 0.6 is 22.9 Å². The van der Waals surface area contributed by atoms with Crippen LogP contribution in [0, 0.1) is 25.2 Å². The number of rotatable bonds is 3. The van der Waals surface area contributed by atoms with Crippen LogP contribution < -0.4 is 5.32 Å². The highest BCUT2D eigenvalue weighted by Gasteiger charge is 2.18. The van der Waals surface area contributed by atoms with Crippen molar-refractivity contribution in [1.82, 2.24) is 0 Å². The zero-order valence-corrected chi connectivity index (χ0v) is 14.6. The second-order valence-electron chi connectivity index (χ2n) is 5.22. The number of nitrogens with zero attached hydrogens (tertiary/aromatic N) is 1. The van der Waals surface area contributed by atoms with Gasteiger partial charge < -0.3 is 9.73 Å². The second-order valence-corrected chi connectivity index (χ2v) is 6.89. The third kappa shape index (κ3) is 3.07. The Kier molecular flexibility index (Phi) is 4.43. The molecule has 24 heavy (non-hydrogen) atoms. The minimum Gasteiger partial charge on any atom is -0.451 e. The predicted molar refractivity (Wildman–Crippen MR) is 95.6 cm³/mol. The van der Waals surface area contributed by atoms with Gasteiger partial charge in [0.1, 0.15) is 16.8 Å². The molecule has 0 fully saturated rings. The van der Waals surface area contributed by atoms with Crippen LogP contribution in [0.25, 0.3) is 11.3 Å². The van der Waals surface area contributed by atoms with Gasteiger partial charge in [-0.05, 0) is 55.8 Å². The second kappa shape index (κ2) is 6.52. The standard InChI is InChI=1S/C18H13ClN2O2S/c1-10-11(2)24-18(14(10)9-20)21-17(22)16-8-7-15(23-16)12-3-5-13(19)6-4-12/h3-8H,1-2H3,(H,21,22). The molecule has 0 aliphatic rings. The summed E-state index contributed by atoms with van der Waals surface area (Å²) < 4.78 is 5.62. The molecule has 0 saturated carbocycles. The number of hydrogen-bond donors (Lipinski definition) is 1. The lowest BCUT2D eigenvalue weighted by molar-refractivity contribution is 0.0998. The topological polar surface area (TPSA) is 66.0 Å². The Balaban J connectivity index is 1.83. The third-order valence-corrected chi connectivity index (χ3v) is 5.06. The summed E-state index contributed by atoms with van der Waals surface area (Å²) in [5, 5.41) is 13.2. The highest BCUT2D eigenvalue weighted by Crippen LogP contribution is 2.32. The molecular weight excluding hydrogens is 344 g/mol. The quantitative estimate of drug-likeness (QED) is 0.683.